The molecule has 3 rings (SSSR count). The van der Waals surface area contributed by atoms with E-state index in [1.54, 1.807) is 25.1 Å². The highest BCUT2D eigenvalue weighted by Gasteiger charge is 2.18. The van der Waals surface area contributed by atoms with Gasteiger partial charge in [0, 0.05) is 18.1 Å². The molecule has 0 radical (unpaired) electrons. The third kappa shape index (κ3) is 4.85. The summed E-state index contributed by atoms with van der Waals surface area (Å²) >= 11 is 6.12. The van der Waals surface area contributed by atoms with Gasteiger partial charge in [-0.1, -0.05) is 17.7 Å². The van der Waals surface area contributed by atoms with E-state index in [0.29, 0.717) is 29.5 Å². The summed E-state index contributed by atoms with van der Waals surface area (Å²) in [6.45, 7) is 4.52. The summed E-state index contributed by atoms with van der Waals surface area (Å²) in [6, 6.07) is 9.18. The van der Waals surface area contributed by atoms with Gasteiger partial charge in [0.15, 0.2) is 11.6 Å². The monoisotopic (exact) mass is 407 g/mol. The number of morpholine rings is 1. The Morgan fingerprint density at radius 1 is 1.25 bits per heavy atom. The summed E-state index contributed by atoms with van der Waals surface area (Å²) in [5.41, 5.74) is 2.12. The van der Waals surface area contributed by atoms with E-state index in [1.165, 1.54) is 19.2 Å². The second-order valence-electron chi connectivity index (χ2n) is 6.48. The SMILES string of the molecule is COc1ccc([C@@H](C)NC(=O)Nc2cc(Cl)ccc2N2CCOCC2)cc1F. The van der Waals surface area contributed by atoms with Crippen molar-refractivity contribution in [3.05, 3.63) is 52.8 Å². The summed E-state index contributed by atoms with van der Waals surface area (Å²) < 4.78 is 24.2. The van der Waals surface area contributed by atoms with Crippen LogP contribution < -0.4 is 20.3 Å². The maximum Gasteiger partial charge on any atom is 0.319 e. The van der Waals surface area contributed by atoms with E-state index in [0.717, 1.165) is 18.8 Å². The molecule has 1 saturated heterocycles. The zero-order valence-electron chi connectivity index (χ0n) is 15.8. The van der Waals surface area contributed by atoms with Gasteiger partial charge < -0.3 is 25.0 Å². The van der Waals surface area contributed by atoms with Crippen LogP contribution in [0.5, 0.6) is 5.75 Å². The van der Waals surface area contributed by atoms with Crippen molar-refractivity contribution in [2.24, 2.45) is 0 Å². The first kappa shape index (κ1) is 20.2. The molecule has 6 nitrogen and oxygen atoms in total. The van der Waals surface area contributed by atoms with Gasteiger partial charge in [-0.25, -0.2) is 9.18 Å². The molecule has 2 N–H and O–H groups in total. The van der Waals surface area contributed by atoms with Crippen molar-refractivity contribution >= 4 is 29.0 Å². The fourth-order valence-electron chi connectivity index (χ4n) is 3.08. The number of urea groups is 1. The zero-order chi connectivity index (χ0) is 20.1. The predicted molar refractivity (Wildman–Crippen MR) is 108 cm³/mol. The fraction of sp³-hybridized carbons (Fsp3) is 0.350. The van der Waals surface area contributed by atoms with Crippen LogP contribution in [0.15, 0.2) is 36.4 Å². The minimum Gasteiger partial charge on any atom is -0.494 e. The molecule has 0 aliphatic carbocycles. The maximum atomic E-state index is 13.9. The van der Waals surface area contributed by atoms with Crippen molar-refractivity contribution in [2.45, 2.75) is 13.0 Å². The van der Waals surface area contributed by atoms with Gasteiger partial charge in [-0.3, -0.25) is 0 Å². The number of hydrogen-bond donors (Lipinski definition) is 2. The average Bonchev–Trinajstić information content (AvgIpc) is 2.68. The standard InChI is InChI=1S/C20H23ClFN3O3/c1-13(14-3-6-19(27-2)16(22)11-14)23-20(26)24-17-12-15(21)4-5-18(17)25-7-9-28-10-8-25/h3-6,11-13H,7-10H2,1-2H3,(H2,23,24,26)/t13-/m1/s1. The number of hydrogen-bond acceptors (Lipinski definition) is 4. The van der Waals surface area contributed by atoms with Crippen molar-refractivity contribution in [1.82, 2.24) is 5.32 Å². The molecule has 1 aliphatic heterocycles. The number of nitrogens with one attached hydrogen (secondary N) is 2. The van der Waals surface area contributed by atoms with Gasteiger partial charge in [0.1, 0.15) is 0 Å². The minimum absolute atomic E-state index is 0.162. The van der Waals surface area contributed by atoms with Gasteiger partial charge in [0.05, 0.1) is 37.7 Å². The van der Waals surface area contributed by atoms with Crippen LogP contribution >= 0.6 is 11.6 Å². The van der Waals surface area contributed by atoms with Crippen LogP contribution in [0.4, 0.5) is 20.6 Å². The fourth-order valence-corrected chi connectivity index (χ4v) is 3.25. The van der Waals surface area contributed by atoms with Gasteiger partial charge in [-0.05, 0) is 42.8 Å². The highest BCUT2D eigenvalue weighted by molar-refractivity contribution is 6.31. The number of anilines is 2. The molecular formula is C20H23ClFN3O3. The van der Waals surface area contributed by atoms with E-state index >= 15 is 0 Å². The van der Waals surface area contributed by atoms with Gasteiger partial charge >= 0.3 is 6.03 Å². The van der Waals surface area contributed by atoms with E-state index in [2.05, 4.69) is 15.5 Å². The quantitative estimate of drug-likeness (QED) is 0.779. The molecular weight excluding hydrogens is 385 g/mol. The largest absolute Gasteiger partial charge is 0.494 e. The molecule has 2 aromatic rings. The van der Waals surface area contributed by atoms with Gasteiger partial charge in [-0.15, -0.1) is 0 Å². The van der Waals surface area contributed by atoms with E-state index in [-0.39, 0.29) is 5.75 Å². The number of methoxy groups -OCH3 is 1. The molecule has 0 spiro atoms. The Kier molecular flexibility index (Phi) is 6.59. The van der Waals surface area contributed by atoms with Crippen LogP contribution in [-0.2, 0) is 4.74 Å². The normalized spacial score (nSPS) is 15.1. The first-order valence-electron chi connectivity index (χ1n) is 9.01. The Hall–Kier alpha value is -2.51. The first-order chi connectivity index (χ1) is 13.5. The number of rotatable bonds is 5. The smallest absolute Gasteiger partial charge is 0.319 e. The van der Waals surface area contributed by atoms with Crippen LogP contribution in [0.3, 0.4) is 0 Å². The molecule has 0 unspecified atom stereocenters. The molecule has 1 fully saturated rings. The summed E-state index contributed by atoms with van der Waals surface area (Å²) in [7, 11) is 1.41. The Morgan fingerprint density at radius 2 is 2.00 bits per heavy atom. The lowest BCUT2D eigenvalue weighted by molar-refractivity contribution is 0.123. The van der Waals surface area contributed by atoms with Crippen LogP contribution in [-0.4, -0.2) is 39.4 Å². The van der Waals surface area contributed by atoms with Gasteiger partial charge in [0.2, 0.25) is 0 Å². The molecule has 150 valence electrons. The van der Waals surface area contributed by atoms with Gasteiger partial charge in [0.25, 0.3) is 0 Å². The lowest BCUT2D eigenvalue weighted by atomic mass is 10.1. The van der Waals surface area contributed by atoms with Crippen molar-refractivity contribution in [3.63, 3.8) is 0 Å². The summed E-state index contributed by atoms with van der Waals surface area (Å²) in [5, 5.41) is 6.19. The molecule has 0 saturated carbocycles. The molecule has 8 heteroatoms. The van der Waals surface area contributed by atoms with E-state index in [1.807, 2.05) is 6.07 Å². The van der Waals surface area contributed by atoms with Gasteiger partial charge in [-0.2, -0.15) is 0 Å². The molecule has 28 heavy (non-hydrogen) atoms. The number of benzene rings is 2. The minimum atomic E-state index is -0.474. The number of ether oxygens (including phenoxy) is 2. The molecule has 1 heterocycles. The molecule has 2 aromatic carbocycles. The van der Waals surface area contributed by atoms with Crippen molar-refractivity contribution < 1.29 is 18.7 Å². The summed E-state index contributed by atoms with van der Waals surface area (Å²) in [6.07, 6.45) is 0. The predicted octanol–water partition coefficient (Wildman–Crippen LogP) is 4.21. The Bertz CT molecular complexity index is 843. The molecule has 0 bridgehead atoms. The van der Waals surface area contributed by atoms with Crippen LogP contribution in [0, 0.1) is 5.82 Å². The third-order valence-corrected chi connectivity index (χ3v) is 4.82. The lowest BCUT2D eigenvalue weighted by Gasteiger charge is -2.30. The van der Waals surface area contributed by atoms with Crippen LogP contribution in [0.2, 0.25) is 5.02 Å². The molecule has 1 atom stereocenters. The second kappa shape index (κ2) is 9.12. The summed E-state index contributed by atoms with van der Waals surface area (Å²) in [5.74, 6) is -0.312. The van der Waals surface area contributed by atoms with E-state index in [9.17, 15) is 9.18 Å². The Morgan fingerprint density at radius 3 is 2.68 bits per heavy atom. The first-order valence-corrected chi connectivity index (χ1v) is 9.39. The topological polar surface area (TPSA) is 62.8 Å². The summed E-state index contributed by atoms with van der Waals surface area (Å²) in [4.78, 5) is 14.7. The highest BCUT2D eigenvalue weighted by atomic mass is 35.5. The molecule has 1 aliphatic rings. The second-order valence-corrected chi connectivity index (χ2v) is 6.91. The number of amides is 2. The highest BCUT2D eigenvalue weighted by Crippen LogP contribution is 2.30. The van der Waals surface area contributed by atoms with Crippen molar-refractivity contribution in [1.29, 1.82) is 0 Å². The molecule has 2 amide bonds. The maximum absolute atomic E-state index is 13.9. The zero-order valence-corrected chi connectivity index (χ0v) is 16.6. The Labute approximate surface area is 168 Å². The lowest BCUT2D eigenvalue weighted by Crippen LogP contribution is -2.37. The molecule has 0 aromatic heterocycles. The third-order valence-electron chi connectivity index (χ3n) is 4.58. The van der Waals surface area contributed by atoms with E-state index < -0.39 is 17.9 Å². The van der Waals surface area contributed by atoms with Crippen molar-refractivity contribution in [2.75, 3.05) is 43.6 Å². The average molecular weight is 408 g/mol. The number of carbonyl (C=O) groups excluding carboxylic acids is 1. The van der Waals surface area contributed by atoms with E-state index in [4.69, 9.17) is 21.1 Å². The Balaban J connectivity index is 1.70. The number of carbonyl (C=O) groups is 1. The van der Waals surface area contributed by atoms with Crippen molar-refractivity contribution in [3.8, 4) is 5.75 Å². The number of nitrogens with zero attached hydrogens (tertiary/aromatic N) is 1. The van der Waals surface area contributed by atoms with Crippen LogP contribution in [0.25, 0.3) is 0 Å². The number of halogens is 2. The van der Waals surface area contributed by atoms with Crippen LogP contribution in [0.1, 0.15) is 18.5 Å².